The van der Waals surface area contributed by atoms with E-state index in [4.69, 9.17) is 24.9 Å². The summed E-state index contributed by atoms with van der Waals surface area (Å²) in [5, 5.41) is 6.27. The van der Waals surface area contributed by atoms with Crippen LogP contribution in [-0.4, -0.2) is 34.1 Å². The summed E-state index contributed by atoms with van der Waals surface area (Å²) in [4.78, 5) is 25.8. The number of hydrogen-bond acceptors (Lipinski definition) is 5. The maximum absolute atomic E-state index is 5.40. The molecule has 0 N–H and O–H groups in total. The van der Waals surface area contributed by atoms with Crippen LogP contribution in [0.25, 0.3) is 99.8 Å². The highest BCUT2D eigenvalue weighted by Crippen LogP contribution is 2.37. The molecule has 52 heavy (non-hydrogen) atoms. The van der Waals surface area contributed by atoms with Gasteiger partial charge in [0.05, 0.1) is 22.2 Å². The molecule has 0 fully saturated rings. The van der Waals surface area contributed by atoms with Crippen molar-refractivity contribution in [1.82, 2.24) is 34.1 Å². The summed E-state index contributed by atoms with van der Waals surface area (Å²) in [6, 6.07) is 52.4. The maximum atomic E-state index is 5.40. The number of pyridine rings is 3. The molecule has 0 aliphatic carbocycles. The third-order valence-corrected chi connectivity index (χ3v) is 10.0. The van der Waals surface area contributed by atoms with Crippen LogP contribution in [-0.2, 0) is 0 Å². The minimum Gasteiger partial charge on any atom is -0.278 e. The topological polar surface area (TPSA) is 74.3 Å². The van der Waals surface area contributed by atoms with Crippen molar-refractivity contribution in [1.29, 1.82) is 0 Å². The Morgan fingerprint density at radius 3 is 1.77 bits per heavy atom. The highest BCUT2D eigenvalue weighted by Gasteiger charge is 2.21. The van der Waals surface area contributed by atoms with Gasteiger partial charge < -0.3 is 0 Å². The predicted octanol–water partition coefficient (Wildman–Crippen LogP) is 10.5. The smallest absolute Gasteiger partial charge is 0.237 e. The van der Waals surface area contributed by atoms with Crippen molar-refractivity contribution >= 4 is 65.7 Å². The van der Waals surface area contributed by atoms with E-state index in [9.17, 15) is 0 Å². The van der Waals surface area contributed by atoms with E-state index in [0.717, 1.165) is 93.9 Å². The zero-order chi connectivity index (χ0) is 34.2. The molecule has 11 rings (SSSR count). The van der Waals surface area contributed by atoms with Crippen LogP contribution in [0.5, 0.6) is 0 Å². The fourth-order valence-corrected chi connectivity index (χ4v) is 7.70. The van der Waals surface area contributed by atoms with Crippen molar-refractivity contribution in [2.24, 2.45) is 0 Å². The molecule has 6 heterocycles. The molecule has 6 aromatic heterocycles. The van der Waals surface area contributed by atoms with E-state index < -0.39 is 0 Å². The van der Waals surface area contributed by atoms with Crippen molar-refractivity contribution in [3.8, 4) is 34.2 Å². The molecule has 242 valence electrons. The quantitative estimate of drug-likeness (QED) is 0.175. The second-order valence-electron chi connectivity index (χ2n) is 13.0. The molecular weight excluding hydrogens is 639 g/mol. The van der Waals surface area contributed by atoms with Crippen molar-refractivity contribution < 1.29 is 0 Å². The van der Waals surface area contributed by atoms with Gasteiger partial charge in [0.1, 0.15) is 22.6 Å². The van der Waals surface area contributed by atoms with Gasteiger partial charge in [0.15, 0.2) is 0 Å². The van der Waals surface area contributed by atoms with Crippen molar-refractivity contribution in [2.75, 3.05) is 0 Å². The average Bonchev–Trinajstić information content (AvgIpc) is 3.74. The lowest BCUT2D eigenvalue weighted by molar-refractivity contribution is 0.997. The van der Waals surface area contributed by atoms with E-state index >= 15 is 0 Å². The highest BCUT2D eigenvalue weighted by molar-refractivity contribution is 6.11. The molecule has 0 bridgehead atoms. The van der Waals surface area contributed by atoms with Gasteiger partial charge in [-0.2, -0.15) is 0 Å². The van der Waals surface area contributed by atoms with Crippen LogP contribution in [0.1, 0.15) is 0 Å². The van der Waals surface area contributed by atoms with Gasteiger partial charge >= 0.3 is 0 Å². The normalized spacial score (nSPS) is 11.8. The van der Waals surface area contributed by atoms with Gasteiger partial charge in [-0.15, -0.1) is 0 Å². The SMILES string of the molecule is c1ccc(-c2cccc(-c3nc(-n4c5ccccc5c5cccnc54)nc4c3ccc3ccc(-n5c6ccccc6c6cccnc65)nc34)c2)cc1. The molecule has 5 aromatic carbocycles. The number of benzene rings is 5. The number of para-hydroxylation sites is 2. The predicted molar refractivity (Wildman–Crippen MR) is 210 cm³/mol. The summed E-state index contributed by atoms with van der Waals surface area (Å²) in [6.45, 7) is 0. The first-order valence-electron chi connectivity index (χ1n) is 17.3. The van der Waals surface area contributed by atoms with Gasteiger partial charge in [-0.25, -0.2) is 24.9 Å². The Hall–Kier alpha value is -7.25. The molecular formula is C45H27N7. The van der Waals surface area contributed by atoms with Gasteiger partial charge in [0.2, 0.25) is 5.95 Å². The van der Waals surface area contributed by atoms with Gasteiger partial charge in [-0.3, -0.25) is 9.13 Å². The van der Waals surface area contributed by atoms with Crippen LogP contribution in [0.4, 0.5) is 0 Å². The summed E-state index contributed by atoms with van der Waals surface area (Å²) in [5.74, 6) is 1.31. The zero-order valence-corrected chi connectivity index (χ0v) is 27.7. The monoisotopic (exact) mass is 665 g/mol. The summed E-state index contributed by atoms with van der Waals surface area (Å²) in [6.07, 6.45) is 3.66. The van der Waals surface area contributed by atoms with Crippen LogP contribution >= 0.6 is 0 Å². The number of fused-ring (bicyclic) bond motifs is 9. The van der Waals surface area contributed by atoms with Crippen LogP contribution in [0.3, 0.4) is 0 Å². The number of nitrogens with zero attached hydrogens (tertiary/aromatic N) is 7. The number of hydrogen-bond donors (Lipinski definition) is 0. The number of rotatable bonds is 4. The maximum Gasteiger partial charge on any atom is 0.237 e. The van der Waals surface area contributed by atoms with Gasteiger partial charge in [-0.05, 0) is 71.8 Å². The Morgan fingerprint density at radius 1 is 0.385 bits per heavy atom. The molecule has 0 aliphatic rings. The van der Waals surface area contributed by atoms with Gasteiger partial charge in [-0.1, -0.05) is 91.0 Å². The van der Waals surface area contributed by atoms with Gasteiger partial charge in [0.25, 0.3) is 0 Å². The van der Waals surface area contributed by atoms with E-state index in [-0.39, 0.29) is 0 Å². The van der Waals surface area contributed by atoms with E-state index in [1.54, 1.807) is 0 Å². The standard InChI is InChI=1S/C45H27N7/c1-2-11-28(12-3-1)30-13-8-14-31(27-30)40-36-23-21-29-22-24-39(51-37-19-6-4-15-32(37)34-17-9-25-46-43(34)51)48-41(29)42(36)50-45(49-40)52-38-20-7-5-16-33(38)35-18-10-26-47-44(35)52/h1-27H. The minimum absolute atomic E-state index is 0.538. The van der Waals surface area contributed by atoms with E-state index in [0.29, 0.717) is 5.95 Å². The molecule has 0 amide bonds. The molecule has 11 aromatic rings. The second-order valence-corrected chi connectivity index (χ2v) is 13.0. The third-order valence-electron chi connectivity index (χ3n) is 10.0. The highest BCUT2D eigenvalue weighted by atomic mass is 15.2. The molecule has 7 heteroatoms. The summed E-state index contributed by atoms with van der Waals surface area (Å²) in [5.41, 5.74) is 9.33. The Labute approximate surface area is 297 Å². The number of aromatic nitrogens is 7. The lowest BCUT2D eigenvalue weighted by Gasteiger charge is -2.14. The Morgan fingerprint density at radius 2 is 1.00 bits per heavy atom. The lowest BCUT2D eigenvalue weighted by atomic mass is 9.99. The van der Waals surface area contributed by atoms with Crippen LogP contribution in [0, 0.1) is 0 Å². The molecule has 0 unspecified atom stereocenters. The Balaban J connectivity index is 1.24. The molecule has 0 saturated carbocycles. The first-order chi connectivity index (χ1) is 25.8. The molecule has 0 spiro atoms. The van der Waals surface area contributed by atoms with Crippen LogP contribution in [0.2, 0.25) is 0 Å². The Bertz CT molecular complexity index is 3090. The van der Waals surface area contributed by atoms with Crippen molar-refractivity contribution in [3.63, 3.8) is 0 Å². The molecule has 7 nitrogen and oxygen atoms in total. The van der Waals surface area contributed by atoms with Gasteiger partial charge in [0, 0.05) is 50.3 Å². The lowest BCUT2D eigenvalue weighted by Crippen LogP contribution is -2.05. The fourth-order valence-electron chi connectivity index (χ4n) is 7.70. The summed E-state index contributed by atoms with van der Waals surface area (Å²) < 4.78 is 4.22. The van der Waals surface area contributed by atoms with Crippen molar-refractivity contribution in [3.05, 3.63) is 164 Å². The van der Waals surface area contributed by atoms with E-state index in [1.807, 2.05) is 36.7 Å². The van der Waals surface area contributed by atoms with Crippen LogP contribution in [0.15, 0.2) is 164 Å². The summed E-state index contributed by atoms with van der Waals surface area (Å²) in [7, 11) is 0. The first kappa shape index (κ1) is 28.6. The second kappa shape index (κ2) is 11.1. The Kier molecular flexibility index (Phi) is 6.12. The van der Waals surface area contributed by atoms with Crippen LogP contribution < -0.4 is 0 Å². The molecule has 0 aliphatic heterocycles. The largest absolute Gasteiger partial charge is 0.278 e. The fraction of sp³-hybridized carbons (Fsp3) is 0. The minimum atomic E-state index is 0.538. The van der Waals surface area contributed by atoms with Crippen molar-refractivity contribution in [2.45, 2.75) is 0 Å². The first-order valence-corrected chi connectivity index (χ1v) is 17.3. The summed E-state index contributed by atoms with van der Waals surface area (Å²) >= 11 is 0. The molecule has 0 atom stereocenters. The van der Waals surface area contributed by atoms with E-state index in [1.165, 1.54) is 0 Å². The third kappa shape index (κ3) is 4.23. The molecule has 0 saturated heterocycles. The average molecular weight is 666 g/mol. The zero-order valence-electron chi connectivity index (χ0n) is 27.7. The molecule has 0 radical (unpaired) electrons. The van der Waals surface area contributed by atoms with E-state index in [2.05, 4.69) is 137 Å².